The molecule has 0 saturated carbocycles. The minimum atomic E-state index is 0.0364. The fourth-order valence-electron chi connectivity index (χ4n) is 3.73. The number of nitrogens with one attached hydrogen (secondary N) is 1. The molecule has 0 aliphatic carbocycles. The number of ether oxygens (including phenoxy) is 1. The molecule has 33 heavy (non-hydrogen) atoms. The Morgan fingerprint density at radius 2 is 2.06 bits per heavy atom. The highest BCUT2D eigenvalue weighted by Crippen LogP contribution is 2.48. The monoisotopic (exact) mass is 496 g/mol. The highest BCUT2D eigenvalue weighted by Gasteiger charge is 2.25. The second-order valence-electron chi connectivity index (χ2n) is 7.60. The van der Waals surface area contributed by atoms with Crippen LogP contribution in [0.3, 0.4) is 0 Å². The third-order valence-electron chi connectivity index (χ3n) is 5.18. The quantitative estimate of drug-likeness (QED) is 0.298. The van der Waals surface area contributed by atoms with Crippen LogP contribution in [0.2, 0.25) is 5.02 Å². The molecule has 10 heteroatoms. The van der Waals surface area contributed by atoms with Gasteiger partial charge in [0.1, 0.15) is 10.6 Å². The number of methoxy groups -OCH3 is 1. The molecule has 168 valence electrons. The van der Waals surface area contributed by atoms with E-state index < -0.39 is 0 Å². The number of thiophene rings is 1. The molecule has 0 spiro atoms. The van der Waals surface area contributed by atoms with E-state index in [-0.39, 0.29) is 6.04 Å². The van der Waals surface area contributed by atoms with Crippen LogP contribution in [0.4, 0.5) is 5.82 Å². The summed E-state index contributed by atoms with van der Waals surface area (Å²) in [5.74, 6) is 1.97. The molecule has 0 saturated heterocycles. The van der Waals surface area contributed by atoms with E-state index in [9.17, 15) is 0 Å². The second-order valence-corrected chi connectivity index (χ2v) is 9.72. The fourth-order valence-corrected chi connectivity index (χ4v) is 5.78. The summed E-state index contributed by atoms with van der Waals surface area (Å²) < 4.78 is 7.26. The van der Waals surface area contributed by atoms with E-state index in [0.29, 0.717) is 23.3 Å². The van der Waals surface area contributed by atoms with Crippen molar-refractivity contribution in [3.63, 3.8) is 0 Å². The summed E-state index contributed by atoms with van der Waals surface area (Å²) >= 11 is 9.76. The van der Waals surface area contributed by atoms with Crippen LogP contribution in [0, 0.1) is 0 Å². The molecule has 0 aliphatic heterocycles. The van der Waals surface area contributed by atoms with E-state index in [2.05, 4.69) is 22.2 Å². The number of nitrogens with zero attached hydrogens (tertiary/aromatic N) is 5. The number of imidazole rings is 1. The molecule has 4 heterocycles. The number of hydrogen-bond acceptors (Lipinski definition) is 8. The SMILES string of the molecule is COCC(C)Nc1nc(-c2nccn2C)nc2sc(-c3ccccc3Cl)c(-c3cscn3)c12. The van der Waals surface area contributed by atoms with Crippen LogP contribution in [-0.4, -0.2) is 44.3 Å². The standard InChI is InChI=1S/C23H21ClN6OS2/c1-13(10-31-3)27-20-18-17(16-11-32-12-26-16)19(14-6-4-5-7-15(14)24)33-23(18)29-21(28-20)22-25-8-9-30(22)2/h4-9,11-13H,10H2,1-3H3,(H,27,28,29). The molecule has 1 aromatic carbocycles. The number of aromatic nitrogens is 5. The molecule has 1 atom stereocenters. The summed E-state index contributed by atoms with van der Waals surface area (Å²) in [6, 6.07) is 7.88. The van der Waals surface area contributed by atoms with E-state index in [4.69, 9.17) is 26.3 Å². The molecule has 0 amide bonds. The predicted octanol–water partition coefficient (Wildman–Crippen LogP) is 5.98. The van der Waals surface area contributed by atoms with Gasteiger partial charge in [0.2, 0.25) is 0 Å². The van der Waals surface area contributed by atoms with Crippen molar-refractivity contribution in [2.45, 2.75) is 13.0 Å². The van der Waals surface area contributed by atoms with Crippen molar-refractivity contribution in [1.82, 2.24) is 24.5 Å². The number of anilines is 1. The summed E-state index contributed by atoms with van der Waals surface area (Å²) in [4.78, 5) is 20.8. The molecular weight excluding hydrogens is 476 g/mol. The van der Waals surface area contributed by atoms with Gasteiger partial charge in [0.05, 0.1) is 23.2 Å². The predicted molar refractivity (Wildman–Crippen MR) is 136 cm³/mol. The lowest BCUT2D eigenvalue weighted by Crippen LogP contribution is -2.22. The van der Waals surface area contributed by atoms with Crippen LogP contribution >= 0.6 is 34.3 Å². The molecule has 0 aliphatic rings. The molecule has 4 aromatic heterocycles. The zero-order valence-corrected chi connectivity index (χ0v) is 20.6. The first-order chi connectivity index (χ1) is 16.1. The smallest absolute Gasteiger partial charge is 0.199 e. The van der Waals surface area contributed by atoms with Crippen molar-refractivity contribution < 1.29 is 4.74 Å². The topological polar surface area (TPSA) is 77.8 Å². The van der Waals surface area contributed by atoms with E-state index in [1.807, 2.05) is 53.0 Å². The van der Waals surface area contributed by atoms with Gasteiger partial charge in [0.15, 0.2) is 11.6 Å². The fraction of sp³-hybridized carbons (Fsp3) is 0.217. The summed E-state index contributed by atoms with van der Waals surface area (Å²) in [6.07, 6.45) is 3.63. The van der Waals surface area contributed by atoms with Crippen LogP contribution in [0.25, 0.3) is 43.6 Å². The van der Waals surface area contributed by atoms with Gasteiger partial charge in [-0.05, 0) is 13.0 Å². The van der Waals surface area contributed by atoms with Gasteiger partial charge in [0, 0.05) is 59.0 Å². The lowest BCUT2D eigenvalue weighted by molar-refractivity contribution is 0.190. The number of thiazole rings is 1. The van der Waals surface area contributed by atoms with E-state index >= 15 is 0 Å². The first-order valence-electron chi connectivity index (χ1n) is 10.3. The largest absolute Gasteiger partial charge is 0.383 e. The second kappa shape index (κ2) is 9.18. The van der Waals surface area contributed by atoms with E-state index in [1.54, 1.807) is 36.0 Å². The molecule has 0 fully saturated rings. The summed E-state index contributed by atoms with van der Waals surface area (Å²) in [6.45, 7) is 2.60. The Balaban J connectivity index is 1.83. The number of benzene rings is 1. The van der Waals surface area contributed by atoms with Crippen LogP contribution in [0.1, 0.15) is 6.92 Å². The maximum absolute atomic E-state index is 6.63. The van der Waals surface area contributed by atoms with Gasteiger partial charge < -0.3 is 14.6 Å². The minimum absolute atomic E-state index is 0.0364. The van der Waals surface area contributed by atoms with E-state index in [0.717, 1.165) is 37.7 Å². The van der Waals surface area contributed by atoms with Crippen molar-refractivity contribution in [3.05, 3.63) is 52.6 Å². The summed E-state index contributed by atoms with van der Waals surface area (Å²) in [5, 5.41) is 7.16. The zero-order chi connectivity index (χ0) is 22.9. The maximum atomic E-state index is 6.63. The van der Waals surface area contributed by atoms with Crippen LogP contribution < -0.4 is 5.32 Å². The third-order valence-corrected chi connectivity index (χ3v) is 7.21. The lowest BCUT2D eigenvalue weighted by Gasteiger charge is -2.16. The van der Waals surface area contributed by atoms with Gasteiger partial charge in [-0.15, -0.1) is 22.7 Å². The van der Waals surface area contributed by atoms with Gasteiger partial charge >= 0.3 is 0 Å². The molecule has 0 radical (unpaired) electrons. The molecule has 5 aromatic rings. The highest BCUT2D eigenvalue weighted by molar-refractivity contribution is 7.22. The third kappa shape index (κ3) is 4.13. The Hall–Kier alpha value is -2.85. The maximum Gasteiger partial charge on any atom is 0.199 e. The van der Waals surface area contributed by atoms with Crippen molar-refractivity contribution in [2.24, 2.45) is 7.05 Å². The first kappa shape index (κ1) is 22.0. The van der Waals surface area contributed by atoms with Crippen molar-refractivity contribution in [1.29, 1.82) is 0 Å². The Labute approximate surface area is 204 Å². The summed E-state index contributed by atoms with van der Waals surface area (Å²) in [5.41, 5.74) is 4.62. The number of fused-ring (bicyclic) bond motifs is 1. The molecule has 1 unspecified atom stereocenters. The zero-order valence-electron chi connectivity index (χ0n) is 18.2. The number of halogens is 1. The number of aryl methyl sites for hydroxylation is 1. The van der Waals surface area contributed by atoms with Crippen molar-refractivity contribution >= 4 is 50.3 Å². The summed E-state index contributed by atoms with van der Waals surface area (Å²) in [7, 11) is 3.62. The van der Waals surface area contributed by atoms with Crippen molar-refractivity contribution in [2.75, 3.05) is 19.0 Å². The van der Waals surface area contributed by atoms with Gasteiger partial charge in [-0.3, -0.25) is 0 Å². The van der Waals surface area contributed by atoms with Gasteiger partial charge in [-0.2, -0.15) is 0 Å². The first-order valence-corrected chi connectivity index (χ1v) is 12.4. The Kier molecular flexibility index (Phi) is 6.11. The van der Waals surface area contributed by atoms with Crippen LogP contribution in [-0.2, 0) is 11.8 Å². The average Bonchev–Trinajstić information content (AvgIpc) is 3.53. The Morgan fingerprint density at radius 1 is 1.21 bits per heavy atom. The Morgan fingerprint density at radius 3 is 2.76 bits per heavy atom. The van der Waals surface area contributed by atoms with Crippen LogP contribution in [0.5, 0.6) is 0 Å². The van der Waals surface area contributed by atoms with Crippen molar-refractivity contribution in [3.8, 4) is 33.3 Å². The normalized spacial score (nSPS) is 12.4. The molecule has 5 rings (SSSR count). The Bertz CT molecular complexity index is 1410. The van der Waals surface area contributed by atoms with Gasteiger partial charge in [0.25, 0.3) is 0 Å². The van der Waals surface area contributed by atoms with Crippen LogP contribution in [0.15, 0.2) is 47.5 Å². The number of rotatable bonds is 7. The molecular formula is C23H21ClN6OS2. The lowest BCUT2D eigenvalue weighted by atomic mass is 10.0. The van der Waals surface area contributed by atoms with Gasteiger partial charge in [-0.1, -0.05) is 29.8 Å². The van der Waals surface area contributed by atoms with Gasteiger partial charge in [-0.25, -0.2) is 19.9 Å². The average molecular weight is 497 g/mol. The molecule has 7 nitrogen and oxygen atoms in total. The van der Waals surface area contributed by atoms with E-state index in [1.165, 1.54) is 0 Å². The number of hydrogen-bond donors (Lipinski definition) is 1. The molecule has 1 N–H and O–H groups in total. The highest BCUT2D eigenvalue weighted by atomic mass is 35.5. The molecule has 0 bridgehead atoms. The minimum Gasteiger partial charge on any atom is -0.383 e.